The Morgan fingerprint density at radius 1 is 1.53 bits per heavy atom. The van der Waals surface area contributed by atoms with E-state index in [4.69, 9.17) is 0 Å². The molecule has 0 aliphatic rings. The number of rotatable bonds is 7. The van der Waals surface area contributed by atoms with Gasteiger partial charge in [-0.05, 0) is 54.4 Å². The molecular formula is C13H22BrN3. The summed E-state index contributed by atoms with van der Waals surface area (Å²) < 4.78 is 3.16. The third-order valence-electron chi connectivity index (χ3n) is 2.63. The van der Waals surface area contributed by atoms with E-state index < -0.39 is 0 Å². The Labute approximate surface area is 112 Å². The highest BCUT2D eigenvalue weighted by atomic mass is 79.9. The molecule has 1 heterocycles. The van der Waals surface area contributed by atoms with Crippen LogP contribution < -0.4 is 5.32 Å². The predicted molar refractivity (Wildman–Crippen MR) is 77.0 cm³/mol. The highest BCUT2D eigenvalue weighted by molar-refractivity contribution is 9.10. The van der Waals surface area contributed by atoms with Crippen LogP contribution in [0.2, 0.25) is 0 Å². The number of nitrogens with zero attached hydrogens (tertiary/aromatic N) is 2. The van der Waals surface area contributed by atoms with Gasteiger partial charge in [-0.3, -0.25) is 4.68 Å². The van der Waals surface area contributed by atoms with Crippen molar-refractivity contribution < 1.29 is 0 Å². The topological polar surface area (TPSA) is 29.9 Å². The summed E-state index contributed by atoms with van der Waals surface area (Å²) in [5, 5.41) is 7.71. The van der Waals surface area contributed by atoms with Crippen LogP contribution in [-0.2, 0) is 6.54 Å². The highest BCUT2D eigenvalue weighted by Crippen LogP contribution is 2.24. The maximum Gasteiger partial charge on any atom is 0.0778 e. The monoisotopic (exact) mass is 299 g/mol. The van der Waals surface area contributed by atoms with Crippen molar-refractivity contribution in [3.05, 3.63) is 22.4 Å². The lowest BCUT2D eigenvalue weighted by molar-refractivity contribution is 0.595. The zero-order valence-electron chi connectivity index (χ0n) is 11.0. The first-order chi connectivity index (χ1) is 8.20. The van der Waals surface area contributed by atoms with Crippen LogP contribution in [-0.4, -0.2) is 22.9 Å². The van der Waals surface area contributed by atoms with Gasteiger partial charge in [0.05, 0.1) is 16.4 Å². The molecule has 0 aliphatic carbocycles. The van der Waals surface area contributed by atoms with Crippen LogP contribution in [0.3, 0.4) is 0 Å². The van der Waals surface area contributed by atoms with Gasteiger partial charge in [0.25, 0.3) is 0 Å². The minimum Gasteiger partial charge on any atom is -0.317 e. The van der Waals surface area contributed by atoms with Crippen LogP contribution in [0, 0.1) is 0 Å². The number of nitrogens with one attached hydrogen (secondary N) is 1. The zero-order chi connectivity index (χ0) is 12.7. The maximum atomic E-state index is 4.38. The van der Waals surface area contributed by atoms with Crippen molar-refractivity contribution in [3.63, 3.8) is 0 Å². The van der Waals surface area contributed by atoms with Gasteiger partial charge in [-0.2, -0.15) is 5.10 Å². The molecule has 3 nitrogen and oxygen atoms in total. The van der Waals surface area contributed by atoms with Crippen LogP contribution in [0.1, 0.15) is 39.3 Å². The zero-order valence-corrected chi connectivity index (χ0v) is 12.5. The van der Waals surface area contributed by atoms with E-state index in [1.807, 2.05) is 6.20 Å². The second kappa shape index (κ2) is 7.67. The second-order valence-corrected chi connectivity index (χ2v) is 4.95. The molecule has 4 heteroatoms. The molecule has 0 spiro atoms. The van der Waals surface area contributed by atoms with E-state index in [1.165, 1.54) is 11.3 Å². The summed E-state index contributed by atoms with van der Waals surface area (Å²) in [6.45, 7) is 9.49. The Morgan fingerprint density at radius 3 is 2.94 bits per heavy atom. The van der Waals surface area contributed by atoms with E-state index >= 15 is 0 Å². The van der Waals surface area contributed by atoms with Crippen molar-refractivity contribution in [2.45, 2.75) is 40.2 Å². The van der Waals surface area contributed by atoms with Crippen LogP contribution in [0.4, 0.5) is 0 Å². The Balaban J connectivity index is 2.72. The molecule has 1 aromatic heterocycles. The van der Waals surface area contributed by atoms with Gasteiger partial charge in [-0.1, -0.05) is 19.9 Å². The standard InChI is InChI=1S/C13H22BrN3/c1-4-9-17-13(12(14)10-16-17)11(3)7-6-8-15-5-2/h7,10,15H,4-6,8-9H2,1-3H3. The summed E-state index contributed by atoms with van der Waals surface area (Å²) in [5.41, 5.74) is 2.50. The molecule has 1 N–H and O–H groups in total. The van der Waals surface area contributed by atoms with Crippen LogP contribution in [0.25, 0.3) is 5.57 Å². The van der Waals surface area contributed by atoms with Crippen LogP contribution in [0.15, 0.2) is 16.7 Å². The highest BCUT2D eigenvalue weighted by Gasteiger charge is 2.09. The fraction of sp³-hybridized carbons (Fsp3) is 0.615. The molecule has 96 valence electrons. The summed E-state index contributed by atoms with van der Waals surface area (Å²) in [5.74, 6) is 0. The van der Waals surface area contributed by atoms with Gasteiger partial charge in [-0.25, -0.2) is 0 Å². The fourth-order valence-electron chi connectivity index (χ4n) is 1.80. The molecule has 17 heavy (non-hydrogen) atoms. The normalized spacial score (nSPS) is 12.1. The van der Waals surface area contributed by atoms with Crippen molar-refractivity contribution in [3.8, 4) is 0 Å². The largest absolute Gasteiger partial charge is 0.317 e. The number of hydrogen-bond donors (Lipinski definition) is 1. The number of halogens is 1. The summed E-state index contributed by atoms with van der Waals surface area (Å²) in [6.07, 6.45) is 6.32. The molecule has 0 fully saturated rings. The molecule has 0 aromatic carbocycles. The van der Waals surface area contributed by atoms with Crippen LogP contribution in [0.5, 0.6) is 0 Å². The van der Waals surface area contributed by atoms with E-state index in [1.54, 1.807) is 0 Å². The molecule has 0 bridgehead atoms. The van der Waals surface area contributed by atoms with E-state index in [2.05, 4.69) is 57.9 Å². The second-order valence-electron chi connectivity index (χ2n) is 4.09. The molecule has 0 saturated heterocycles. The molecule has 0 aliphatic heterocycles. The SMILES string of the molecule is CCCn1ncc(Br)c1C(C)=CCCNCC. The van der Waals surface area contributed by atoms with Crippen molar-refractivity contribution in [1.82, 2.24) is 15.1 Å². The summed E-state index contributed by atoms with van der Waals surface area (Å²) in [7, 11) is 0. The Bertz CT molecular complexity index is 369. The van der Waals surface area contributed by atoms with Crippen molar-refractivity contribution >= 4 is 21.5 Å². The third kappa shape index (κ3) is 4.28. The minimum absolute atomic E-state index is 0.972. The van der Waals surface area contributed by atoms with Gasteiger partial charge in [0.2, 0.25) is 0 Å². The Kier molecular flexibility index (Phi) is 6.52. The van der Waals surface area contributed by atoms with Crippen molar-refractivity contribution in [1.29, 1.82) is 0 Å². The van der Waals surface area contributed by atoms with Gasteiger partial charge in [0.1, 0.15) is 0 Å². The lowest BCUT2D eigenvalue weighted by atomic mass is 10.2. The van der Waals surface area contributed by atoms with Crippen LogP contribution >= 0.6 is 15.9 Å². The average molecular weight is 300 g/mol. The third-order valence-corrected chi connectivity index (χ3v) is 3.21. The van der Waals surface area contributed by atoms with Crippen molar-refractivity contribution in [2.75, 3.05) is 13.1 Å². The quantitative estimate of drug-likeness (QED) is 0.782. The van der Waals surface area contributed by atoms with E-state index in [9.17, 15) is 0 Å². The minimum atomic E-state index is 0.972. The molecule has 0 atom stereocenters. The number of aryl methyl sites for hydroxylation is 1. The number of hydrogen-bond acceptors (Lipinski definition) is 2. The average Bonchev–Trinajstić information content (AvgIpc) is 2.66. The lowest BCUT2D eigenvalue weighted by Gasteiger charge is -2.07. The van der Waals surface area contributed by atoms with Gasteiger partial charge in [0.15, 0.2) is 0 Å². The molecule has 1 aromatic rings. The van der Waals surface area contributed by atoms with Gasteiger partial charge in [-0.15, -0.1) is 0 Å². The van der Waals surface area contributed by atoms with Gasteiger partial charge < -0.3 is 5.32 Å². The molecule has 0 saturated carbocycles. The van der Waals surface area contributed by atoms with E-state index in [0.717, 1.165) is 36.9 Å². The summed E-state index contributed by atoms with van der Waals surface area (Å²) in [4.78, 5) is 0. The molecule has 0 radical (unpaired) electrons. The lowest BCUT2D eigenvalue weighted by Crippen LogP contribution is -2.13. The number of aromatic nitrogens is 2. The molecule has 1 rings (SSSR count). The Morgan fingerprint density at radius 2 is 2.29 bits per heavy atom. The number of allylic oxidation sites excluding steroid dienone is 1. The van der Waals surface area contributed by atoms with E-state index in [0.29, 0.717) is 0 Å². The fourth-order valence-corrected chi connectivity index (χ4v) is 2.41. The first kappa shape index (κ1) is 14.5. The van der Waals surface area contributed by atoms with Crippen molar-refractivity contribution in [2.24, 2.45) is 0 Å². The first-order valence-corrected chi connectivity index (χ1v) is 7.09. The molecule has 0 amide bonds. The smallest absolute Gasteiger partial charge is 0.0778 e. The maximum absolute atomic E-state index is 4.38. The van der Waals surface area contributed by atoms with Gasteiger partial charge >= 0.3 is 0 Å². The predicted octanol–water partition coefficient (Wildman–Crippen LogP) is 3.46. The molecular weight excluding hydrogens is 278 g/mol. The Hall–Kier alpha value is -0.610. The van der Waals surface area contributed by atoms with Gasteiger partial charge in [0, 0.05) is 6.54 Å². The summed E-state index contributed by atoms with van der Waals surface area (Å²) >= 11 is 3.57. The molecule has 0 unspecified atom stereocenters. The first-order valence-electron chi connectivity index (χ1n) is 6.29. The summed E-state index contributed by atoms with van der Waals surface area (Å²) in [6, 6.07) is 0. The van der Waals surface area contributed by atoms with E-state index in [-0.39, 0.29) is 0 Å².